The summed E-state index contributed by atoms with van der Waals surface area (Å²) >= 11 is 0. The minimum absolute atomic E-state index is 0.531. The van der Waals surface area contributed by atoms with Crippen molar-refractivity contribution in [2.45, 2.75) is 174 Å². The monoisotopic (exact) mass is 426 g/mol. The molecular formula is C28H58O2. The Balaban J connectivity index is 3.12. The molecule has 0 spiro atoms. The van der Waals surface area contributed by atoms with Crippen molar-refractivity contribution >= 4 is 0 Å². The number of unbranched alkanes of at least 4 members (excludes halogenated alkanes) is 21. The van der Waals surface area contributed by atoms with Gasteiger partial charge in [-0.1, -0.05) is 149 Å². The first-order valence-electron chi connectivity index (χ1n) is 14.1. The molecule has 182 valence electrons. The van der Waals surface area contributed by atoms with E-state index in [1.807, 2.05) is 0 Å². The fourth-order valence-corrected chi connectivity index (χ4v) is 4.23. The van der Waals surface area contributed by atoms with Gasteiger partial charge in [0.05, 0.1) is 0 Å². The summed E-state index contributed by atoms with van der Waals surface area (Å²) in [6, 6.07) is 0. The van der Waals surface area contributed by atoms with Crippen LogP contribution in [0.25, 0.3) is 0 Å². The molecule has 1 N–H and O–H groups in total. The maximum Gasteiger partial charge on any atom is 0.154 e. The molecule has 0 saturated heterocycles. The first-order chi connectivity index (χ1) is 14.8. The molecule has 0 aliphatic rings. The minimum atomic E-state index is -0.531. The summed E-state index contributed by atoms with van der Waals surface area (Å²) in [6.07, 6.45) is 31.5. The predicted molar refractivity (Wildman–Crippen MR) is 134 cm³/mol. The molecule has 1 unspecified atom stereocenters. The summed E-state index contributed by atoms with van der Waals surface area (Å²) in [5, 5.41) is 9.95. The van der Waals surface area contributed by atoms with Crippen molar-refractivity contribution < 1.29 is 9.84 Å². The van der Waals surface area contributed by atoms with Crippen molar-refractivity contribution in [2.24, 2.45) is 0 Å². The topological polar surface area (TPSA) is 29.5 Å². The Labute approximate surface area is 191 Å². The van der Waals surface area contributed by atoms with Gasteiger partial charge >= 0.3 is 0 Å². The lowest BCUT2D eigenvalue weighted by Gasteiger charge is -2.12. The quantitative estimate of drug-likeness (QED) is 0.110. The highest BCUT2D eigenvalue weighted by Gasteiger charge is 2.03. The van der Waals surface area contributed by atoms with Crippen molar-refractivity contribution in [2.75, 3.05) is 6.61 Å². The summed E-state index contributed by atoms with van der Waals surface area (Å²) in [5.41, 5.74) is 0. The van der Waals surface area contributed by atoms with E-state index >= 15 is 0 Å². The molecule has 0 aliphatic carbocycles. The van der Waals surface area contributed by atoms with Crippen LogP contribution in [0, 0.1) is 0 Å². The van der Waals surface area contributed by atoms with Crippen LogP contribution < -0.4 is 0 Å². The average Bonchev–Trinajstić information content (AvgIpc) is 2.75. The van der Waals surface area contributed by atoms with Gasteiger partial charge in [0.1, 0.15) is 0 Å². The summed E-state index contributed by atoms with van der Waals surface area (Å²) < 4.78 is 5.58. The Kier molecular flexibility index (Phi) is 26.9. The molecule has 2 heteroatoms. The molecule has 0 amide bonds. The highest BCUT2D eigenvalue weighted by molar-refractivity contribution is 4.51. The van der Waals surface area contributed by atoms with E-state index in [9.17, 15) is 5.11 Å². The number of hydrogen-bond acceptors (Lipinski definition) is 2. The van der Waals surface area contributed by atoms with Crippen molar-refractivity contribution in [1.82, 2.24) is 0 Å². The second kappa shape index (κ2) is 27.0. The first kappa shape index (κ1) is 29.9. The average molecular weight is 427 g/mol. The van der Waals surface area contributed by atoms with Gasteiger partial charge in [-0.25, -0.2) is 0 Å². The largest absolute Gasteiger partial charge is 0.368 e. The molecule has 1 atom stereocenters. The minimum Gasteiger partial charge on any atom is -0.368 e. The van der Waals surface area contributed by atoms with Crippen molar-refractivity contribution in [3.63, 3.8) is 0 Å². The van der Waals surface area contributed by atoms with E-state index in [1.54, 1.807) is 0 Å². The molecule has 0 saturated carbocycles. The standard InChI is InChI=1S/C28H58O2/c1-3-5-7-9-11-13-15-16-17-18-20-22-24-26-28(29)30-27-25-23-21-19-14-12-10-8-6-4-2/h28-29H,3-27H2,1-2H3. The zero-order valence-electron chi connectivity index (χ0n) is 21.1. The van der Waals surface area contributed by atoms with Gasteiger partial charge in [0.15, 0.2) is 6.29 Å². The molecular weight excluding hydrogens is 368 g/mol. The highest BCUT2D eigenvalue weighted by atomic mass is 16.6. The maximum absolute atomic E-state index is 9.95. The Morgan fingerprint density at radius 2 is 0.733 bits per heavy atom. The zero-order chi connectivity index (χ0) is 22.0. The van der Waals surface area contributed by atoms with E-state index in [1.165, 1.54) is 135 Å². The molecule has 0 aromatic carbocycles. The Morgan fingerprint density at radius 3 is 1.10 bits per heavy atom. The lowest BCUT2D eigenvalue weighted by atomic mass is 10.0. The van der Waals surface area contributed by atoms with Gasteiger partial charge in [0.2, 0.25) is 0 Å². The van der Waals surface area contributed by atoms with Gasteiger partial charge in [0, 0.05) is 6.61 Å². The smallest absolute Gasteiger partial charge is 0.154 e. The van der Waals surface area contributed by atoms with Gasteiger partial charge < -0.3 is 9.84 Å². The van der Waals surface area contributed by atoms with Crippen molar-refractivity contribution in [1.29, 1.82) is 0 Å². The summed E-state index contributed by atoms with van der Waals surface area (Å²) in [4.78, 5) is 0. The fourth-order valence-electron chi connectivity index (χ4n) is 4.23. The fraction of sp³-hybridized carbons (Fsp3) is 1.00. The van der Waals surface area contributed by atoms with E-state index in [2.05, 4.69) is 13.8 Å². The third-order valence-electron chi connectivity index (χ3n) is 6.36. The molecule has 0 bridgehead atoms. The molecule has 0 aromatic rings. The SMILES string of the molecule is CCCCCCCCCCCCCCCC(O)OCCCCCCCCCCCC. The highest BCUT2D eigenvalue weighted by Crippen LogP contribution is 2.14. The summed E-state index contributed by atoms with van der Waals surface area (Å²) in [5.74, 6) is 0. The lowest BCUT2D eigenvalue weighted by molar-refractivity contribution is -0.105. The van der Waals surface area contributed by atoms with Crippen LogP contribution in [-0.2, 0) is 4.74 Å². The van der Waals surface area contributed by atoms with Gasteiger partial charge in [-0.3, -0.25) is 0 Å². The molecule has 0 aromatic heterocycles. The van der Waals surface area contributed by atoms with E-state index in [0.29, 0.717) is 0 Å². The van der Waals surface area contributed by atoms with Gasteiger partial charge in [0.25, 0.3) is 0 Å². The number of rotatable bonds is 26. The second-order valence-corrected chi connectivity index (χ2v) is 9.54. The van der Waals surface area contributed by atoms with E-state index in [0.717, 1.165) is 25.9 Å². The van der Waals surface area contributed by atoms with E-state index in [-0.39, 0.29) is 0 Å². The van der Waals surface area contributed by atoms with Crippen LogP contribution in [0.4, 0.5) is 0 Å². The molecule has 0 fully saturated rings. The van der Waals surface area contributed by atoms with Crippen LogP contribution in [0.15, 0.2) is 0 Å². The van der Waals surface area contributed by atoms with Crippen LogP contribution in [-0.4, -0.2) is 18.0 Å². The van der Waals surface area contributed by atoms with Crippen LogP contribution in [0.5, 0.6) is 0 Å². The lowest BCUT2D eigenvalue weighted by Crippen LogP contribution is -2.12. The van der Waals surface area contributed by atoms with E-state index in [4.69, 9.17) is 4.74 Å². The van der Waals surface area contributed by atoms with Crippen molar-refractivity contribution in [3.05, 3.63) is 0 Å². The molecule has 0 radical (unpaired) electrons. The Bertz CT molecular complexity index is 292. The number of aliphatic hydroxyl groups excluding tert-OH is 1. The molecule has 0 heterocycles. The van der Waals surface area contributed by atoms with Crippen molar-refractivity contribution in [3.8, 4) is 0 Å². The number of aliphatic hydroxyl groups is 1. The van der Waals surface area contributed by atoms with E-state index < -0.39 is 6.29 Å². The van der Waals surface area contributed by atoms with Gasteiger partial charge in [-0.15, -0.1) is 0 Å². The first-order valence-corrected chi connectivity index (χ1v) is 14.1. The van der Waals surface area contributed by atoms with Crippen LogP contribution in [0.1, 0.15) is 168 Å². The zero-order valence-corrected chi connectivity index (χ0v) is 21.1. The van der Waals surface area contributed by atoms with Crippen LogP contribution >= 0.6 is 0 Å². The normalized spacial score (nSPS) is 12.5. The van der Waals surface area contributed by atoms with Gasteiger partial charge in [-0.05, 0) is 19.3 Å². The number of hydrogen-bond donors (Lipinski definition) is 1. The molecule has 2 nitrogen and oxygen atoms in total. The van der Waals surface area contributed by atoms with Gasteiger partial charge in [-0.2, -0.15) is 0 Å². The van der Waals surface area contributed by atoms with Crippen LogP contribution in [0.3, 0.4) is 0 Å². The number of ether oxygens (including phenoxy) is 1. The molecule has 30 heavy (non-hydrogen) atoms. The summed E-state index contributed by atoms with van der Waals surface area (Å²) in [6.45, 7) is 5.29. The third kappa shape index (κ3) is 26.0. The maximum atomic E-state index is 9.95. The second-order valence-electron chi connectivity index (χ2n) is 9.54. The summed E-state index contributed by atoms with van der Waals surface area (Å²) in [7, 11) is 0. The van der Waals surface area contributed by atoms with Crippen LogP contribution in [0.2, 0.25) is 0 Å². The molecule has 0 aliphatic heterocycles. The third-order valence-corrected chi connectivity index (χ3v) is 6.36. The Morgan fingerprint density at radius 1 is 0.433 bits per heavy atom. The predicted octanol–water partition coefficient (Wildman–Crippen LogP) is 9.72. The Hall–Kier alpha value is -0.0800. The molecule has 0 rings (SSSR count).